The van der Waals surface area contributed by atoms with Gasteiger partial charge in [-0.05, 0) is 118 Å². The zero-order valence-corrected chi connectivity index (χ0v) is 38.2. The van der Waals surface area contributed by atoms with Crippen LogP contribution in [0.3, 0.4) is 0 Å². The fourth-order valence-electron chi connectivity index (χ4n) is 6.68. The molecule has 4 aromatic rings. The molecule has 0 atom stereocenters. The van der Waals surface area contributed by atoms with Crippen molar-refractivity contribution in [1.82, 2.24) is 0 Å². The van der Waals surface area contributed by atoms with Crippen LogP contribution in [0.2, 0.25) is 0 Å². The Bertz CT molecular complexity index is 2240. The topological polar surface area (TPSA) is 169 Å². The van der Waals surface area contributed by atoms with Crippen molar-refractivity contribution in [3.8, 4) is 32.4 Å². The quantitative estimate of drug-likeness (QED) is 0.0837. The highest BCUT2D eigenvalue weighted by Crippen LogP contribution is 2.43. The number of hydrogen-bond donors (Lipinski definition) is 1. The van der Waals surface area contributed by atoms with Crippen molar-refractivity contribution in [2.45, 2.75) is 109 Å². The molecule has 16 heteroatoms. The van der Waals surface area contributed by atoms with Crippen molar-refractivity contribution < 1.29 is 55.2 Å². The summed E-state index contributed by atoms with van der Waals surface area (Å²) in [7, 11) is -7.99. The van der Waals surface area contributed by atoms with Crippen LogP contribution in [0.15, 0.2) is 81.2 Å². The molecule has 2 aliphatic heterocycles. The molecule has 2 aromatic carbocycles. The lowest BCUT2D eigenvalue weighted by atomic mass is 9.99. The molecule has 4 heterocycles. The molecule has 6 rings (SSSR count). The third-order valence-corrected chi connectivity index (χ3v) is 18.5. The molecular weight excluding hydrogens is 849 g/mol. The lowest BCUT2D eigenvalue weighted by Crippen LogP contribution is -2.52. The van der Waals surface area contributed by atoms with Gasteiger partial charge in [0.1, 0.15) is 25.5 Å². The number of carbonyl (C=O) groups is 2. The van der Waals surface area contributed by atoms with Gasteiger partial charge < -0.3 is 28.8 Å². The Morgan fingerprint density at radius 2 is 1.02 bits per heavy atom. The van der Waals surface area contributed by atoms with Gasteiger partial charge in [0, 0.05) is 61.9 Å². The van der Waals surface area contributed by atoms with Crippen LogP contribution in [0.25, 0.3) is 20.9 Å². The van der Waals surface area contributed by atoms with Gasteiger partial charge in [-0.2, -0.15) is 0 Å². The lowest BCUT2D eigenvalue weighted by Gasteiger charge is -2.36. The van der Waals surface area contributed by atoms with Crippen molar-refractivity contribution >= 4 is 54.3 Å². The van der Waals surface area contributed by atoms with Gasteiger partial charge in [0.05, 0.1) is 13.2 Å². The molecule has 2 aromatic heterocycles. The molecular formula is C44H56O12S4. The maximum atomic E-state index is 13.7. The predicted octanol–water partition coefficient (Wildman–Crippen LogP) is 9.26. The van der Waals surface area contributed by atoms with E-state index >= 15 is 0 Å². The molecule has 0 spiro atoms. The molecule has 0 aliphatic carbocycles. The minimum absolute atomic E-state index is 0.0400. The number of rotatable bonds is 16. The molecule has 2 saturated heterocycles. The zero-order valence-electron chi connectivity index (χ0n) is 34.9. The summed E-state index contributed by atoms with van der Waals surface area (Å²) in [6, 6.07) is 21.7. The number of carboxylic acid groups (broad SMARTS) is 1. The Labute approximate surface area is 362 Å². The molecule has 2 aliphatic rings. The number of unbranched alkanes of at least 4 members (excludes halogenated alkanes) is 2. The van der Waals surface area contributed by atoms with Crippen LogP contribution >= 0.6 is 22.7 Å². The van der Waals surface area contributed by atoms with Crippen molar-refractivity contribution in [2.75, 3.05) is 39.6 Å². The second-order valence-electron chi connectivity index (χ2n) is 15.7. The van der Waals surface area contributed by atoms with Crippen LogP contribution in [-0.2, 0) is 43.5 Å². The van der Waals surface area contributed by atoms with E-state index in [0.29, 0.717) is 13.2 Å². The largest absolute Gasteiger partial charge is 0.494 e. The van der Waals surface area contributed by atoms with Gasteiger partial charge in [0.2, 0.25) is 19.7 Å². The predicted molar refractivity (Wildman–Crippen MR) is 234 cm³/mol. The third-order valence-electron chi connectivity index (χ3n) is 10.3. The Morgan fingerprint density at radius 3 is 1.38 bits per heavy atom. The van der Waals surface area contributed by atoms with Crippen LogP contribution in [0.1, 0.15) is 86.0 Å². The summed E-state index contributed by atoms with van der Waals surface area (Å²) in [4.78, 5) is 26.6. The van der Waals surface area contributed by atoms with Crippen molar-refractivity contribution in [1.29, 1.82) is 0 Å². The van der Waals surface area contributed by atoms with Crippen LogP contribution in [-0.4, -0.2) is 88.6 Å². The highest BCUT2D eigenvalue weighted by atomic mass is 32.2. The Balaban J connectivity index is 0.000000230. The molecule has 1 N–H and O–H groups in total. The molecule has 0 bridgehead atoms. The first kappa shape index (κ1) is 47.3. The third kappa shape index (κ3) is 10.8. The molecule has 12 nitrogen and oxygen atoms in total. The summed E-state index contributed by atoms with van der Waals surface area (Å²) >= 11 is 2.27. The average Bonchev–Trinajstić information content (AvgIpc) is 3.94. The van der Waals surface area contributed by atoms with Gasteiger partial charge in [-0.15, -0.1) is 22.7 Å². The normalized spacial score (nSPS) is 16.6. The number of carbonyl (C=O) groups excluding carboxylic acids is 1. The Morgan fingerprint density at radius 1 is 0.633 bits per heavy atom. The van der Waals surface area contributed by atoms with Crippen LogP contribution in [0, 0.1) is 0 Å². The van der Waals surface area contributed by atoms with Gasteiger partial charge in [-0.1, -0.05) is 26.7 Å². The van der Waals surface area contributed by atoms with Gasteiger partial charge in [0.15, 0.2) is 9.49 Å². The second kappa shape index (κ2) is 20.4. The summed E-state index contributed by atoms with van der Waals surface area (Å²) in [5, 5.41) is 9.68. The van der Waals surface area contributed by atoms with E-state index in [2.05, 4.69) is 13.8 Å². The number of thiophene rings is 2. The van der Waals surface area contributed by atoms with Gasteiger partial charge in [-0.3, -0.25) is 9.59 Å². The SMILES string of the molecule is CCCCOc1ccc(-c2ccc(S(=O)(=O)C3(C(=O)O)CCOCC3)s2)cc1.CCCCOc1ccc(-c2ccc(S(=O)(=O)C3(C(=O)OC(C)(C)C)CCOCC3)s2)cc1. The first-order chi connectivity index (χ1) is 28.5. The number of ether oxygens (including phenoxy) is 5. The number of aliphatic carboxylic acids is 1. The summed E-state index contributed by atoms with van der Waals surface area (Å²) in [6.07, 6.45) is 4.21. The summed E-state index contributed by atoms with van der Waals surface area (Å²) in [5.74, 6) is -0.442. The van der Waals surface area contributed by atoms with E-state index in [1.54, 1.807) is 39.0 Å². The van der Waals surface area contributed by atoms with Crippen LogP contribution in [0.5, 0.6) is 11.5 Å². The number of hydrogen-bond acceptors (Lipinski definition) is 13. The summed E-state index contributed by atoms with van der Waals surface area (Å²) in [5.41, 5.74) is 0.989. The molecule has 60 heavy (non-hydrogen) atoms. The van der Waals surface area contributed by atoms with Gasteiger partial charge >= 0.3 is 11.9 Å². The van der Waals surface area contributed by atoms with Crippen LogP contribution < -0.4 is 9.47 Å². The standard InChI is InChI=1S/C24H32O6S2.C20H24O6S2/c1-5-6-15-29-19-9-7-18(8-10-19)20-11-12-21(31-20)32(26,27)24(13-16-28-17-14-24)22(25)30-23(2,3)4;1-2-3-12-26-16-6-4-15(5-7-16)17-8-9-18(27-17)28(23,24)20(19(21)22)10-13-25-14-11-20/h7-12H,5-6,13-17H2,1-4H3;4-9H,2-3,10-14H2,1H3,(H,21,22). The molecule has 0 amide bonds. The molecule has 0 unspecified atom stereocenters. The first-order valence-electron chi connectivity index (χ1n) is 20.3. The van der Waals surface area contributed by atoms with E-state index in [9.17, 15) is 31.5 Å². The van der Waals surface area contributed by atoms with E-state index < -0.39 is 46.7 Å². The van der Waals surface area contributed by atoms with Crippen LogP contribution in [0.4, 0.5) is 0 Å². The highest BCUT2D eigenvalue weighted by Gasteiger charge is 2.55. The average molecular weight is 905 g/mol. The highest BCUT2D eigenvalue weighted by molar-refractivity contribution is 7.96. The number of esters is 1. The molecule has 2 fully saturated rings. The number of carboxylic acids is 1. The van der Waals surface area contributed by atoms with Gasteiger partial charge in [-0.25, -0.2) is 16.8 Å². The van der Waals surface area contributed by atoms with Crippen molar-refractivity contribution in [3.63, 3.8) is 0 Å². The summed E-state index contributed by atoms with van der Waals surface area (Å²) in [6.45, 7) is 11.4. The second-order valence-corrected chi connectivity index (χ2v) is 22.9. The fourth-order valence-corrected chi connectivity index (χ4v) is 13.7. The van der Waals surface area contributed by atoms with Gasteiger partial charge in [0.25, 0.3) is 0 Å². The van der Waals surface area contributed by atoms with E-state index in [4.69, 9.17) is 23.7 Å². The maximum absolute atomic E-state index is 13.7. The smallest absolute Gasteiger partial charge is 0.328 e. The van der Waals surface area contributed by atoms with E-state index in [-0.39, 0.29) is 60.5 Å². The van der Waals surface area contributed by atoms with Crippen molar-refractivity contribution in [3.05, 3.63) is 72.8 Å². The first-order valence-corrected chi connectivity index (χ1v) is 24.9. The van der Waals surface area contributed by atoms with E-state index in [1.807, 2.05) is 48.5 Å². The van der Waals surface area contributed by atoms with E-state index in [1.165, 1.54) is 17.4 Å². The fraction of sp³-hybridized carbons (Fsp3) is 0.500. The zero-order chi connectivity index (χ0) is 43.6. The number of benzene rings is 2. The Hall–Kier alpha value is -3.80. The Kier molecular flexibility index (Phi) is 16.1. The minimum atomic E-state index is -4.02. The molecule has 328 valence electrons. The monoisotopic (exact) mass is 904 g/mol. The lowest BCUT2D eigenvalue weighted by molar-refractivity contribution is -0.160. The maximum Gasteiger partial charge on any atom is 0.328 e. The van der Waals surface area contributed by atoms with E-state index in [0.717, 1.165) is 69.4 Å². The van der Waals surface area contributed by atoms with Crippen molar-refractivity contribution in [2.24, 2.45) is 0 Å². The number of sulfone groups is 2. The molecule has 0 saturated carbocycles. The molecule has 0 radical (unpaired) electrons. The minimum Gasteiger partial charge on any atom is -0.494 e. The summed E-state index contributed by atoms with van der Waals surface area (Å²) < 4.78 is 78.0.